The van der Waals surface area contributed by atoms with Gasteiger partial charge in [0, 0.05) is 5.02 Å². The first-order valence-corrected chi connectivity index (χ1v) is 5.02. The van der Waals surface area contributed by atoms with Crippen molar-refractivity contribution in [3.05, 3.63) is 34.1 Å². The van der Waals surface area contributed by atoms with E-state index in [0.29, 0.717) is 6.07 Å². The number of aryl methyl sites for hydroxylation is 1. The minimum Gasteiger partial charge on any atom is -0.319 e. The molecule has 1 atom stereocenters. The molecule has 0 radical (unpaired) electrons. The van der Waals surface area contributed by atoms with E-state index in [9.17, 15) is 26.3 Å². The largest absolute Gasteiger partial charge is 0.455 e. The fourth-order valence-corrected chi connectivity index (χ4v) is 1.56. The van der Waals surface area contributed by atoms with E-state index in [-0.39, 0.29) is 5.56 Å². The van der Waals surface area contributed by atoms with Gasteiger partial charge in [-0.1, -0.05) is 11.6 Å². The normalized spacial score (nSPS) is 14.7. The van der Waals surface area contributed by atoms with Gasteiger partial charge in [0.2, 0.25) is 0 Å². The quantitative estimate of drug-likeness (QED) is 0.819. The summed E-state index contributed by atoms with van der Waals surface area (Å²) in [6.45, 7) is 1.20. The number of nitrogens with two attached hydrogens (primary N) is 1. The Kier molecular flexibility index (Phi) is 3.88. The number of hydrogen-bond acceptors (Lipinski definition) is 1. The summed E-state index contributed by atoms with van der Waals surface area (Å²) >= 11 is 5.43. The molecular formula is C10H8ClF6N. The van der Waals surface area contributed by atoms with Crippen molar-refractivity contribution in [2.75, 3.05) is 0 Å². The van der Waals surface area contributed by atoms with Gasteiger partial charge in [-0.05, 0) is 30.2 Å². The summed E-state index contributed by atoms with van der Waals surface area (Å²) in [5.41, 5.74) is 4.12. The lowest BCUT2D eigenvalue weighted by atomic mass is 9.99. The maximum Gasteiger partial charge on any atom is 0.455 e. The molecule has 0 spiro atoms. The van der Waals surface area contributed by atoms with Crippen LogP contribution < -0.4 is 5.73 Å². The molecule has 1 aromatic carbocycles. The lowest BCUT2D eigenvalue weighted by Gasteiger charge is -2.26. The molecule has 102 valence electrons. The second-order valence-electron chi connectivity index (χ2n) is 3.72. The minimum absolute atomic E-state index is 0.122. The number of rotatable bonds is 2. The minimum atomic E-state index is -5.81. The van der Waals surface area contributed by atoms with Crippen molar-refractivity contribution in [2.24, 2.45) is 5.73 Å². The Hall–Kier alpha value is -0.950. The molecule has 2 N–H and O–H groups in total. The van der Waals surface area contributed by atoms with E-state index in [2.05, 4.69) is 0 Å². The van der Waals surface area contributed by atoms with Gasteiger partial charge in [-0.2, -0.15) is 22.0 Å². The van der Waals surface area contributed by atoms with Crippen molar-refractivity contribution >= 4 is 11.6 Å². The molecule has 0 bridgehead atoms. The Morgan fingerprint density at radius 1 is 1.17 bits per heavy atom. The molecule has 1 rings (SSSR count). The molecule has 0 heterocycles. The van der Waals surface area contributed by atoms with Crippen LogP contribution in [0, 0.1) is 12.7 Å². The highest BCUT2D eigenvalue weighted by molar-refractivity contribution is 6.31. The van der Waals surface area contributed by atoms with Gasteiger partial charge in [0.15, 0.2) is 0 Å². The van der Waals surface area contributed by atoms with Crippen LogP contribution in [0.1, 0.15) is 17.2 Å². The Balaban J connectivity index is 3.27. The molecule has 0 amide bonds. The van der Waals surface area contributed by atoms with Crippen molar-refractivity contribution < 1.29 is 26.3 Å². The molecule has 1 nitrogen and oxygen atoms in total. The first-order chi connectivity index (χ1) is 7.98. The maximum absolute atomic E-state index is 13.0. The van der Waals surface area contributed by atoms with Crippen LogP contribution in [-0.2, 0) is 0 Å². The van der Waals surface area contributed by atoms with Crippen LogP contribution >= 0.6 is 11.6 Å². The number of benzene rings is 1. The molecule has 8 heteroatoms. The zero-order chi connectivity index (χ0) is 14.3. The van der Waals surface area contributed by atoms with Crippen molar-refractivity contribution in [3.63, 3.8) is 0 Å². The Labute approximate surface area is 104 Å². The molecule has 0 aliphatic heterocycles. The van der Waals surface area contributed by atoms with E-state index in [1.165, 1.54) is 6.92 Å². The monoisotopic (exact) mass is 291 g/mol. The summed E-state index contributed by atoms with van der Waals surface area (Å²) in [5.74, 6) is -5.97. The SMILES string of the molecule is Cc1cc(C(N)C(F)(F)C(F)(F)F)c(Cl)cc1F. The highest BCUT2D eigenvalue weighted by atomic mass is 35.5. The van der Waals surface area contributed by atoms with Gasteiger partial charge in [-0.25, -0.2) is 4.39 Å². The molecule has 0 aliphatic carbocycles. The van der Waals surface area contributed by atoms with E-state index >= 15 is 0 Å². The van der Waals surface area contributed by atoms with Crippen LogP contribution in [0.2, 0.25) is 5.02 Å². The molecule has 0 aliphatic rings. The fraction of sp³-hybridized carbons (Fsp3) is 0.400. The zero-order valence-corrected chi connectivity index (χ0v) is 9.71. The van der Waals surface area contributed by atoms with Crippen LogP contribution in [0.4, 0.5) is 26.3 Å². The van der Waals surface area contributed by atoms with Gasteiger partial charge in [-0.15, -0.1) is 0 Å². The average molecular weight is 292 g/mol. The highest BCUT2D eigenvalue weighted by Gasteiger charge is 2.62. The number of alkyl halides is 5. The standard InChI is InChI=1S/C10H8ClF6N/c1-4-2-5(6(11)3-7(4)12)8(18)9(13,14)10(15,16)17/h2-3,8H,18H2,1H3. The molecule has 18 heavy (non-hydrogen) atoms. The van der Waals surface area contributed by atoms with Crippen LogP contribution in [0.25, 0.3) is 0 Å². The smallest absolute Gasteiger partial charge is 0.319 e. The van der Waals surface area contributed by atoms with Gasteiger partial charge in [0.05, 0.1) is 0 Å². The van der Waals surface area contributed by atoms with Crippen molar-refractivity contribution in [1.29, 1.82) is 0 Å². The summed E-state index contributed by atoms with van der Waals surface area (Å²) in [6, 6.07) is -1.26. The molecule has 1 unspecified atom stereocenters. The molecule has 0 aromatic heterocycles. The van der Waals surface area contributed by atoms with Crippen LogP contribution in [-0.4, -0.2) is 12.1 Å². The summed E-state index contributed by atoms with van der Waals surface area (Å²) in [5, 5.41) is -0.575. The summed E-state index contributed by atoms with van der Waals surface area (Å²) in [4.78, 5) is 0. The van der Waals surface area contributed by atoms with Crippen molar-refractivity contribution in [1.82, 2.24) is 0 Å². The fourth-order valence-electron chi connectivity index (χ4n) is 1.29. The van der Waals surface area contributed by atoms with E-state index in [0.717, 1.165) is 6.07 Å². The molecule has 0 saturated carbocycles. The second kappa shape index (κ2) is 4.62. The Bertz CT molecular complexity index is 456. The average Bonchev–Trinajstić information content (AvgIpc) is 2.20. The first kappa shape index (κ1) is 15.1. The van der Waals surface area contributed by atoms with Crippen molar-refractivity contribution in [2.45, 2.75) is 25.1 Å². The van der Waals surface area contributed by atoms with Gasteiger partial charge in [0.1, 0.15) is 11.9 Å². The lowest BCUT2D eigenvalue weighted by Crippen LogP contribution is -2.46. The molecular weight excluding hydrogens is 284 g/mol. The maximum atomic E-state index is 13.0. The predicted octanol–water partition coefficient (Wildman–Crippen LogP) is 3.98. The van der Waals surface area contributed by atoms with Crippen molar-refractivity contribution in [3.8, 4) is 0 Å². The van der Waals surface area contributed by atoms with Gasteiger partial charge < -0.3 is 5.73 Å². The summed E-state index contributed by atoms with van der Waals surface area (Å²) in [6.07, 6.45) is -5.81. The van der Waals surface area contributed by atoms with Gasteiger partial charge in [0.25, 0.3) is 0 Å². The first-order valence-electron chi connectivity index (χ1n) is 4.64. The third kappa shape index (κ3) is 2.56. The second-order valence-corrected chi connectivity index (χ2v) is 4.13. The Morgan fingerprint density at radius 2 is 1.67 bits per heavy atom. The predicted molar refractivity (Wildman–Crippen MR) is 54.1 cm³/mol. The summed E-state index contributed by atoms with van der Waals surface area (Å²) in [7, 11) is 0. The van der Waals surface area contributed by atoms with E-state index in [1.807, 2.05) is 0 Å². The lowest BCUT2D eigenvalue weighted by molar-refractivity contribution is -0.290. The third-order valence-corrected chi connectivity index (χ3v) is 2.71. The van der Waals surface area contributed by atoms with E-state index in [1.54, 1.807) is 0 Å². The highest BCUT2D eigenvalue weighted by Crippen LogP contribution is 2.44. The van der Waals surface area contributed by atoms with Crippen LogP contribution in [0.5, 0.6) is 0 Å². The zero-order valence-electron chi connectivity index (χ0n) is 8.96. The molecule has 1 aromatic rings. The van der Waals surface area contributed by atoms with Crippen LogP contribution in [0.15, 0.2) is 12.1 Å². The third-order valence-electron chi connectivity index (χ3n) is 2.38. The number of halogens is 7. The van der Waals surface area contributed by atoms with E-state index in [4.69, 9.17) is 17.3 Å². The Morgan fingerprint density at radius 3 is 2.11 bits per heavy atom. The van der Waals surface area contributed by atoms with Gasteiger partial charge >= 0.3 is 12.1 Å². The topological polar surface area (TPSA) is 26.0 Å². The molecule has 0 saturated heterocycles. The molecule has 0 fully saturated rings. The van der Waals surface area contributed by atoms with E-state index < -0.39 is 34.5 Å². The summed E-state index contributed by atoms with van der Waals surface area (Å²) < 4.78 is 75.5. The van der Waals surface area contributed by atoms with Gasteiger partial charge in [-0.3, -0.25) is 0 Å². The van der Waals surface area contributed by atoms with Crippen LogP contribution in [0.3, 0.4) is 0 Å². The number of hydrogen-bond donors (Lipinski definition) is 1.